The lowest BCUT2D eigenvalue weighted by atomic mass is 10.1. The molecular formula is C13H22N4O2. The SMILES string of the molecule is CN(c1cc(NC(C)(C)C(=O)O)ncn1)C(C)(C)C. The van der Waals surface area contributed by atoms with E-state index in [0.717, 1.165) is 5.82 Å². The Labute approximate surface area is 113 Å². The van der Waals surface area contributed by atoms with E-state index in [2.05, 4.69) is 36.1 Å². The van der Waals surface area contributed by atoms with Gasteiger partial charge in [-0.1, -0.05) is 0 Å². The van der Waals surface area contributed by atoms with Crippen molar-refractivity contribution >= 4 is 17.6 Å². The summed E-state index contributed by atoms with van der Waals surface area (Å²) in [5.41, 5.74) is -1.15. The monoisotopic (exact) mass is 266 g/mol. The third-order valence-electron chi connectivity index (χ3n) is 2.98. The van der Waals surface area contributed by atoms with Gasteiger partial charge in [0.25, 0.3) is 0 Å². The second-order valence-corrected chi connectivity index (χ2v) is 6.05. The van der Waals surface area contributed by atoms with Gasteiger partial charge in [0.1, 0.15) is 23.5 Å². The zero-order valence-corrected chi connectivity index (χ0v) is 12.4. The maximum Gasteiger partial charge on any atom is 0.328 e. The molecule has 1 heterocycles. The highest BCUT2D eigenvalue weighted by molar-refractivity contribution is 5.81. The first kappa shape index (κ1) is 15.2. The fourth-order valence-electron chi connectivity index (χ4n) is 1.32. The van der Waals surface area contributed by atoms with Crippen molar-refractivity contribution in [3.05, 3.63) is 12.4 Å². The fourth-order valence-corrected chi connectivity index (χ4v) is 1.32. The Morgan fingerprint density at radius 2 is 1.84 bits per heavy atom. The van der Waals surface area contributed by atoms with Crippen LogP contribution in [0, 0.1) is 0 Å². The molecule has 0 bridgehead atoms. The summed E-state index contributed by atoms with van der Waals surface area (Å²) >= 11 is 0. The van der Waals surface area contributed by atoms with Crippen LogP contribution in [0.2, 0.25) is 0 Å². The molecule has 0 atom stereocenters. The maximum absolute atomic E-state index is 11.1. The van der Waals surface area contributed by atoms with Crippen LogP contribution in [-0.2, 0) is 4.79 Å². The lowest BCUT2D eigenvalue weighted by Gasteiger charge is -2.33. The molecule has 0 radical (unpaired) electrons. The van der Waals surface area contributed by atoms with Gasteiger partial charge in [0.05, 0.1) is 0 Å². The van der Waals surface area contributed by atoms with Gasteiger partial charge in [-0.3, -0.25) is 0 Å². The normalized spacial score (nSPS) is 12.1. The minimum absolute atomic E-state index is 0.0755. The van der Waals surface area contributed by atoms with Crippen LogP contribution in [-0.4, -0.2) is 39.2 Å². The number of carboxylic acids is 1. The highest BCUT2D eigenvalue weighted by atomic mass is 16.4. The minimum atomic E-state index is -1.08. The molecule has 6 heteroatoms. The number of nitrogens with one attached hydrogen (secondary N) is 1. The molecule has 0 saturated carbocycles. The standard InChI is InChI=1S/C13H22N4O2/c1-12(2,3)17(6)10-7-9(14-8-15-10)16-13(4,5)11(18)19/h7-8H,1-6H3,(H,18,19)(H,14,15,16). The molecule has 0 spiro atoms. The van der Waals surface area contributed by atoms with E-state index in [1.54, 1.807) is 19.9 Å². The molecule has 0 amide bonds. The molecule has 6 nitrogen and oxygen atoms in total. The molecule has 106 valence electrons. The van der Waals surface area contributed by atoms with Crippen LogP contribution >= 0.6 is 0 Å². The Balaban J connectivity index is 2.99. The van der Waals surface area contributed by atoms with E-state index >= 15 is 0 Å². The second kappa shape index (κ2) is 5.03. The number of nitrogens with zero attached hydrogens (tertiary/aromatic N) is 3. The van der Waals surface area contributed by atoms with Gasteiger partial charge < -0.3 is 15.3 Å². The van der Waals surface area contributed by atoms with Crippen LogP contribution in [0.5, 0.6) is 0 Å². The predicted molar refractivity (Wildman–Crippen MR) is 75.5 cm³/mol. The molecule has 0 aliphatic rings. The third kappa shape index (κ3) is 3.81. The summed E-state index contributed by atoms with van der Waals surface area (Å²) in [4.78, 5) is 21.4. The first-order valence-corrected chi connectivity index (χ1v) is 6.11. The number of hydrogen-bond donors (Lipinski definition) is 2. The quantitative estimate of drug-likeness (QED) is 0.867. The molecule has 1 aromatic rings. The van der Waals surface area contributed by atoms with Gasteiger partial charge in [-0.15, -0.1) is 0 Å². The average Bonchev–Trinajstić information content (AvgIpc) is 2.26. The van der Waals surface area contributed by atoms with Crippen molar-refractivity contribution in [2.45, 2.75) is 45.7 Å². The number of aromatic nitrogens is 2. The average molecular weight is 266 g/mol. The lowest BCUT2D eigenvalue weighted by Crippen LogP contribution is -2.41. The number of hydrogen-bond acceptors (Lipinski definition) is 5. The van der Waals surface area contributed by atoms with Gasteiger partial charge in [0.2, 0.25) is 0 Å². The van der Waals surface area contributed by atoms with Crippen molar-refractivity contribution in [2.75, 3.05) is 17.3 Å². The lowest BCUT2D eigenvalue weighted by molar-refractivity contribution is -0.141. The maximum atomic E-state index is 11.1. The van der Waals surface area contributed by atoms with Crippen molar-refractivity contribution in [1.29, 1.82) is 0 Å². The molecular weight excluding hydrogens is 244 g/mol. The molecule has 1 rings (SSSR count). The molecule has 0 unspecified atom stereocenters. The number of aliphatic carboxylic acids is 1. The van der Waals surface area contributed by atoms with E-state index in [0.29, 0.717) is 5.82 Å². The number of rotatable bonds is 4. The van der Waals surface area contributed by atoms with E-state index in [1.165, 1.54) is 6.33 Å². The summed E-state index contributed by atoms with van der Waals surface area (Å²) in [5, 5.41) is 12.0. The summed E-state index contributed by atoms with van der Waals surface area (Å²) in [6.45, 7) is 9.39. The highest BCUT2D eigenvalue weighted by Gasteiger charge is 2.27. The predicted octanol–water partition coefficient (Wildman–Crippen LogP) is 1.99. The van der Waals surface area contributed by atoms with E-state index in [-0.39, 0.29) is 5.54 Å². The van der Waals surface area contributed by atoms with Crippen LogP contribution < -0.4 is 10.2 Å². The molecule has 2 N–H and O–H groups in total. The Kier molecular flexibility index (Phi) is 4.03. The Bertz CT molecular complexity index is 466. The zero-order valence-electron chi connectivity index (χ0n) is 12.4. The Morgan fingerprint density at radius 3 is 2.32 bits per heavy atom. The molecule has 0 aliphatic carbocycles. The number of carboxylic acid groups (broad SMARTS) is 1. The van der Waals surface area contributed by atoms with E-state index in [4.69, 9.17) is 5.11 Å². The molecule has 19 heavy (non-hydrogen) atoms. The van der Waals surface area contributed by atoms with Crippen LogP contribution in [0.3, 0.4) is 0 Å². The zero-order chi connectivity index (χ0) is 14.8. The summed E-state index contributed by atoms with van der Waals surface area (Å²) < 4.78 is 0. The summed E-state index contributed by atoms with van der Waals surface area (Å²) in [6, 6.07) is 1.75. The highest BCUT2D eigenvalue weighted by Crippen LogP contribution is 2.22. The minimum Gasteiger partial charge on any atom is -0.480 e. The van der Waals surface area contributed by atoms with Gasteiger partial charge in [-0.05, 0) is 34.6 Å². The first-order valence-electron chi connectivity index (χ1n) is 6.11. The third-order valence-corrected chi connectivity index (χ3v) is 2.98. The van der Waals surface area contributed by atoms with Gasteiger partial charge in [-0.25, -0.2) is 14.8 Å². The van der Waals surface area contributed by atoms with Gasteiger partial charge in [-0.2, -0.15) is 0 Å². The van der Waals surface area contributed by atoms with Gasteiger partial charge >= 0.3 is 5.97 Å². The molecule has 0 aromatic carbocycles. The van der Waals surface area contributed by atoms with E-state index in [1.807, 2.05) is 11.9 Å². The van der Waals surface area contributed by atoms with Crippen LogP contribution in [0.15, 0.2) is 12.4 Å². The van der Waals surface area contributed by atoms with E-state index in [9.17, 15) is 4.79 Å². The van der Waals surface area contributed by atoms with Crippen LogP contribution in [0.4, 0.5) is 11.6 Å². The number of anilines is 2. The largest absolute Gasteiger partial charge is 0.480 e. The molecule has 1 aromatic heterocycles. The Morgan fingerprint density at radius 1 is 1.26 bits per heavy atom. The van der Waals surface area contributed by atoms with Crippen molar-refractivity contribution in [3.8, 4) is 0 Å². The van der Waals surface area contributed by atoms with Crippen molar-refractivity contribution in [3.63, 3.8) is 0 Å². The smallest absolute Gasteiger partial charge is 0.328 e. The Hall–Kier alpha value is -1.85. The topological polar surface area (TPSA) is 78.4 Å². The van der Waals surface area contributed by atoms with Gasteiger partial charge in [0, 0.05) is 18.7 Å². The molecule has 0 fully saturated rings. The fraction of sp³-hybridized carbons (Fsp3) is 0.615. The molecule has 0 aliphatic heterocycles. The first-order chi connectivity index (χ1) is 8.54. The van der Waals surface area contributed by atoms with Crippen LogP contribution in [0.1, 0.15) is 34.6 Å². The second-order valence-electron chi connectivity index (χ2n) is 6.05. The molecule has 0 saturated heterocycles. The van der Waals surface area contributed by atoms with Crippen molar-refractivity contribution in [2.24, 2.45) is 0 Å². The summed E-state index contributed by atoms with van der Waals surface area (Å²) in [7, 11) is 1.94. The van der Waals surface area contributed by atoms with Crippen molar-refractivity contribution < 1.29 is 9.90 Å². The van der Waals surface area contributed by atoms with Crippen LogP contribution in [0.25, 0.3) is 0 Å². The summed E-state index contributed by atoms with van der Waals surface area (Å²) in [5.74, 6) is 0.302. The van der Waals surface area contributed by atoms with Crippen molar-refractivity contribution in [1.82, 2.24) is 9.97 Å². The van der Waals surface area contributed by atoms with E-state index < -0.39 is 11.5 Å². The summed E-state index contributed by atoms with van der Waals surface area (Å²) in [6.07, 6.45) is 1.43. The number of carbonyl (C=O) groups is 1. The van der Waals surface area contributed by atoms with Gasteiger partial charge in [0.15, 0.2) is 0 Å².